The quantitative estimate of drug-likeness (QED) is 0.374. The monoisotopic (exact) mass is 386 g/mol. The van der Waals surface area contributed by atoms with Gasteiger partial charge in [-0.25, -0.2) is 22.0 Å². The van der Waals surface area contributed by atoms with Gasteiger partial charge in [-0.05, 0) is 58.9 Å². The van der Waals surface area contributed by atoms with Crippen molar-refractivity contribution in [3.63, 3.8) is 0 Å². The fraction of sp³-hybridized carbons (Fsp3) is 0.350. The average molecular weight is 386 g/mol. The molecule has 0 aliphatic rings. The Morgan fingerprint density at radius 3 is 1.63 bits per heavy atom. The molecule has 2 rings (SSSR count). The SMILES string of the molecule is CC(C)(C)Oc1ccc(C(=O)c2c(F)c(F)c(C(C)(C)F)c(F)c2F)cc1. The Morgan fingerprint density at radius 2 is 1.26 bits per heavy atom. The summed E-state index contributed by atoms with van der Waals surface area (Å²) >= 11 is 0. The van der Waals surface area contributed by atoms with Crippen molar-refractivity contribution in [1.29, 1.82) is 0 Å². The number of ketones is 1. The number of halogens is 5. The van der Waals surface area contributed by atoms with Crippen LogP contribution in [0.4, 0.5) is 22.0 Å². The second-order valence-corrected chi connectivity index (χ2v) is 7.55. The molecule has 0 unspecified atom stereocenters. The van der Waals surface area contributed by atoms with Crippen LogP contribution in [0.3, 0.4) is 0 Å². The predicted octanol–water partition coefficient (Wildman–Crippen LogP) is 5.86. The third-order valence-electron chi connectivity index (χ3n) is 3.63. The van der Waals surface area contributed by atoms with Crippen molar-refractivity contribution in [2.75, 3.05) is 0 Å². The average Bonchev–Trinajstić information content (AvgIpc) is 2.51. The third kappa shape index (κ3) is 4.28. The van der Waals surface area contributed by atoms with Gasteiger partial charge in [0.2, 0.25) is 0 Å². The van der Waals surface area contributed by atoms with Crippen molar-refractivity contribution in [3.05, 3.63) is 64.2 Å². The Labute approximate surface area is 154 Å². The number of hydrogen-bond donors (Lipinski definition) is 0. The van der Waals surface area contributed by atoms with Gasteiger partial charge in [0.15, 0.2) is 29.1 Å². The van der Waals surface area contributed by atoms with Crippen LogP contribution in [-0.4, -0.2) is 11.4 Å². The van der Waals surface area contributed by atoms with Crippen molar-refractivity contribution in [1.82, 2.24) is 0 Å². The number of benzene rings is 2. The molecular weight excluding hydrogens is 367 g/mol. The van der Waals surface area contributed by atoms with Gasteiger partial charge >= 0.3 is 0 Å². The number of carbonyl (C=O) groups excluding carboxylic acids is 1. The molecule has 0 spiro atoms. The molecule has 0 aliphatic heterocycles. The Morgan fingerprint density at radius 1 is 0.815 bits per heavy atom. The maximum atomic E-state index is 14.3. The largest absolute Gasteiger partial charge is 0.488 e. The Bertz CT molecular complexity index is 846. The van der Waals surface area contributed by atoms with Crippen LogP contribution in [0.5, 0.6) is 5.75 Å². The molecule has 7 heteroatoms. The van der Waals surface area contributed by atoms with Crippen molar-refractivity contribution in [2.24, 2.45) is 0 Å². The minimum Gasteiger partial charge on any atom is -0.488 e. The van der Waals surface area contributed by atoms with Gasteiger partial charge in [-0.2, -0.15) is 0 Å². The molecule has 0 bridgehead atoms. The summed E-state index contributed by atoms with van der Waals surface area (Å²) in [5.74, 6) is -8.61. The summed E-state index contributed by atoms with van der Waals surface area (Å²) in [6.45, 7) is 6.91. The number of ether oxygens (including phenoxy) is 1. The fourth-order valence-electron chi connectivity index (χ4n) is 2.53. The van der Waals surface area contributed by atoms with Crippen LogP contribution in [-0.2, 0) is 5.67 Å². The summed E-state index contributed by atoms with van der Waals surface area (Å²) in [7, 11) is 0. The lowest BCUT2D eigenvalue weighted by Gasteiger charge is -2.21. The Kier molecular flexibility index (Phi) is 5.37. The van der Waals surface area contributed by atoms with E-state index in [0.29, 0.717) is 5.75 Å². The first-order chi connectivity index (χ1) is 12.2. The van der Waals surface area contributed by atoms with Gasteiger partial charge in [0.25, 0.3) is 0 Å². The van der Waals surface area contributed by atoms with E-state index in [9.17, 15) is 26.7 Å². The van der Waals surface area contributed by atoms with Crippen LogP contribution >= 0.6 is 0 Å². The number of hydrogen-bond acceptors (Lipinski definition) is 2. The molecule has 0 aromatic heterocycles. The minimum absolute atomic E-state index is 0.208. The van der Waals surface area contributed by atoms with Crippen LogP contribution in [0.25, 0.3) is 0 Å². The molecule has 0 saturated heterocycles. The molecule has 0 aliphatic carbocycles. The van der Waals surface area contributed by atoms with Gasteiger partial charge in [-0.15, -0.1) is 0 Å². The van der Waals surface area contributed by atoms with E-state index in [-0.39, 0.29) is 5.56 Å². The molecule has 2 aromatic rings. The zero-order valence-corrected chi connectivity index (χ0v) is 15.5. The maximum absolute atomic E-state index is 14.3. The standard InChI is InChI=1S/C20H19F5O2/c1-19(2,3)27-11-8-6-10(7-9-11)18(26)12-14(21)16(23)13(20(4,5)25)17(24)15(12)22/h6-9H,1-5H3. The summed E-state index contributed by atoms with van der Waals surface area (Å²) in [4.78, 5) is 12.4. The summed E-state index contributed by atoms with van der Waals surface area (Å²) in [6.07, 6.45) is 0. The van der Waals surface area contributed by atoms with Crippen LogP contribution in [0.15, 0.2) is 24.3 Å². The molecule has 0 atom stereocenters. The first-order valence-corrected chi connectivity index (χ1v) is 8.13. The molecule has 0 saturated carbocycles. The minimum atomic E-state index is -2.68. The predicted molar refractivity (Wildman–Crippen MR) is 90.7 cm³/mol. The van der Waals surface area contributed by atoms with Gasteiger partial charge < -0.3 is 4.74 Å². The molecular formula is C20H19F5O2. The van der Waals surface area contributed by atoms with Gasteiger partial charge in [0, 0.05) is 5.56 Å². The highest BCUT2D eigenvalue weighted by Crippen LogP contribution is 2.35. The highest BCUT2D eigenvalue weighted by atomic mass is 19.2. The van der Waals surface area contributed by atoms with E-state index in [1.54, 1.807) is 20.8 Å². The normalized spacial score (nSPS) is 12.2. The second-order valence-electron chi connectivity index (χ2n) is 7.55. The lowest BCUT2D eigenvalue weighted by Crippen LogP contribution is -2.23. The van der Waals surface area contributed by atoms with Gasteiger partial charge in [-0.1, -0.05) is 0 Å². The van der Waals surface area contributed by atoms with Crippen LogP contribution in [0, 0.1) is 23.3 Å². The smallest absolute Gasteiger partial charge is 0.199 e. The molecule has 2 nitrogen and oxygen atoms in total. The van der Waals surface area contributed by atoms with Gasteiger partial charge in [0.1, 0.15) is 22.6 Å². The molecule has 0 radical (unpaired) electrons. The van der Waals surface area contributed by atoms with E-state index in [0.717, 1.165) is 13.8 Å². The summed E-state index contributed by atoms with van der Waals surface area (Å²) in [5.41, 5.74) is -6.21. The van der Waals surface area contributed by atoms with E-state index >= 15 is 0 Å². The first kappa shape index (κ1) is 20.9. The molecule has 0 heterocycles. The van der Waals surface area contributed by atoms with Crippen molar-refractivity contribution < 1.29 is 31.5 Å². The van der Waals surface area contributed by atoms with Gasteiger partial charge in [-0.3, -0.25) is 4.79 Å². The summed E-state index contributed by atoms with van der Waals surface area (Å²) in [6, 6.07) is 5.20. The highest BCUT2D eigenvalue weighted by molar-refractivity contribution is 6.09. The Balaban J connectivity index is 2.51. The van der Waals surface area contributed by atoms with Gasteiger partial charge in [0.05, 0.1) is 5.56 Å². The van der Waals surface area contributed by atoms with Crippen molar-refractivity contribution in [3.8, 4) is 5.75 Å². The van der Waals surface area contributed by atoms with Crippen molar-refractivity contribution in [2.45, 2.75) is 45.9 Å². The molecule has 2 aromatic carbocycles. The lowest BCUT2D eigenvalue weighted by atomic mass is 9.93. The summed E-state index contributed by atoms with van der Waals surface area (Å²) < 4.78 is 76.3. The van der Waals surface area contributed by atoms with E-state index in [1.165, 1.54) is 24.3 Å². The van der Waals surface area contributed by atoms with Crippen LogP contribution in [0.1, 0.15) is 56.1 Å². The fourth-order valence-corrected chi connectivity index (χ4v) is 2.53. The second kappa shape index (κ2) is 6.94. The zero-order valence-electron chi connectivity index (χ0n) is 15.5. The molecule has 0 amide bonds. The van der Waals surface area contributed by atoms with Crippen LogP contribution < -0.4 is 4.74 Å². The third-order valence-corrected chi connectivity index (χ3v) is 3.63. The molecule has 0 fully saturated rings. The lowest BCUT2D eigenvalue weighted by molar-refractivity contribution is 0.102. The summed E-state index contributed by atoms with van der Waals surface area (Å²) in [5, 5.41) is 0. The molecule has 146 valence electrons. The highest BCUT2D eigenvalue weighted by Gasteiger charge is 2.36. The van der Waals surface area contributed by atoms with Crippen molar-refractivity contribution >= 4 is 5.78 Å². The van der Waals surface area contributed by atoms with Crippen LogP contribution in [0.2, 0.25) is 0 Å². The number of rotatable bonds is 4. The van der Waals surface area contributed by atoms with E-state index in [2.05, 4.69) is 0 Å². The van der Waals surface area contributed by atoms with E-state index < -0.39 is 51.4 Å². The molecule has 27 heavy (non-hydrogen) atoms. The number of alkyl halides is 1. The van der Waals surface area contributed by atoms with E-state index in [4.69, 9.17) is 4.74 Å². The van der Waals surface area contributed by atoms with E-state index in [1.807, 2.05) is 0 Å². The maximum Gasteiger partial charge on any atom is 0.199 e. The number of carbonyl (C=O) groups is 1. The Hall–Kier alpha value is -2.44. The molecule has 0 N–H and O–H groups in total. The topological polar surface area (TPSA) is 26.3 Å². The zero-order chi connectivity index (χ0) is 20.7. The first-order valence-electron chi connectivity index (χ1n) is 8.13.